The van der Waals surface area contributed by atoms with Crippen molar-refractivity contribution in [2.45, 2.75) is 44.7 Å². The van der Waals surface area contributed by atoms with E-state index in [9.17, 15) is 9.59 Å². The van der Waals surface area contributed by atoms with Crippen LogP contribution in [0.5, 0.6) is 0 Å². The van der Waals surface area contributed by atoms with E-state index in [1.165, 1.54) is 12.8 Å². The van der Waals surface area contributed by atoms with E-state index in [1.807, 2.05) is 4.90 Å². The largest absolute Gasteiger partial charge is 0.341 e. The molecule has 1 heterocycles. The van der Waals surface area contributed by atoms with E-state index in [4.69, 9.17) is 23.2 Å². The van der Waals surface area contributed by atoms with Crippen molar-refractivity contribution in [2.24, 2.45) is 5.92 Å². The van der Waals surface area contributed by atoms with Gasteiger partial charge in [-0.2, -0.15) is 0 Å². The second-order valence-corrected chi connectivity index (χ2v) is 8.03. The summed E-state index contributed by atoms with van der Waals surface area (Å²) in [7, 11) is 0. The lowest BCUT2D eigenvalue weighted by molar-refractivity contribution is -0.133. The van der Waals surface area contributed by atoms with Gasteiger partial charge in [0.1, 0.15) is 6.04 Å². The van der Waals surface area contributed by atoms with Crippen LogP contribution in [-0.4, -0.2) is 48.4 Å². The predicted molar refractivity (Wildman–Crippen MR) is 104 cm³/mol. The van der Waals surface area contributed by atoms with Crippen LogP contribution in [0.3, 0.4) is 0 Å². The van der Waals surface area contributed by atoms with E-state index >= 15 is 0 Å². The maximum atomic E-state index is 12.6. The third-order valence-electron chi connectivity index (χ3n) is 5.11. The van der Waals surface area contributed by atoms with Gasteiger partial charge in [-0.05, 0) is 57.2 Å². The number of hydrogen-bond acceptors (Lipinski definition) is 3. The van der Waals surface area contributed by atoms with Crippen LogP contribution in [0, 0.1) is 5.92 Å². The minimum absolute atomic E-state index is 0.0582. The standard InChI is InChI=1S/C19H25Cl2N3O2/c1-12(23-18(25)15-3-2-4-16(20)17(15)21)19(26)24-9-7-14(8-10-24)22-11-13-5-6-13/h2-4,12-14,22H,5-11H2,1H3,(H,23,25). The van der Waals surface area contributed by atoms with Crippen molar-refractivity contribution in [3.05, 3.63) is 33.8 Å². The summed E-state index contributed by atoms with van der Waals surface area (Å²) in [4.78, 5) is 26.9. The number of hydrogen-bond donors (Lipinski definition) is 2. The number of piperidine rings is 1. The molecule has 2 N–H and O–H groups in total. The summed E-state index contributed by atoms with van der Waals surface area (Å²) in [5.74, 6) is 0.416. The monoisotopic (exact) mass is 397 g/mol. The minimum Gasteiger partial charge on any atom is -0.341 e. The van der Waals surface area contributed by atoms with Gasteiger partial charge >= 0.3 is 0 Å². The average Bonchev–Trinajstić information content (AvgIpc) is 3.46. The Labute approximate surface area is 164 Å². The highest BCUT2D eigenvalue weighted by atomic mass is 35.5. The van der Waals surface area contributed by atoms with Crippen molar-refractivity contribution >= 4 is 35.0 Å². The summed E-state index contributed by atoms with van der Waals surface area (Å²) < 4.78 is 0. The molecule has 2 fully saturated rings. The maximum absolute atomic E-state index is 12.6. The van der Waals surface area contributed by atoms with E-state index in [0.29, 0.717) is 11.1 Å². The van der Waals surface area contributed by atoms with Gasteiger partial charge in [0.25, 0.3) is 5.91 Å². The summed E-state index contributed by atoms with van der Waals surface area (Å²) in [6.45, 7) is 4.25. The predicted octanol–water partition coefficient (Wildman–Crippen LogP) is 3.10. The second kappa shape index (κ2) is 8.59. The van der Waals surface area contributed by atoms with Gasteiger partial charge in [-0.1, -0.05) is 29.3 Å². The van der Waals surface area contributed by atoms with Gasteiger partial charge in [0.15, 0.2) is 0 Å². The first-order chi connectivity index (χ1) is 12.5. The van der Waals surface area contributed by atoms with Crippen molar-refractivity contribution in [3.63, 3.8) is 0 Å². The second-order valence-electron chi connectivity index (χ2n) is 7.25. The molecule has 0 bridgehead atoms. The number of halogens is 2. The third kappa shape index (κ3) is 4.90. The summed E-state index contributed by atoms with van der Waals surface area (Å²) >= 11 is 12.0. The highest BCUT2D eigenvalue weighted by Gasteiger charge is 2.28. The van der Waals surface area contributed by atoms with Gasteiger partial charge in [-0.25, -0.2) is 0 Å². The lowest BCUT2D eigenvalue weighted by Gasteiger charge is -2.34. The van der Waals surface area contributed by atoms with Crippen LogP contribution in [-0.2, 0) is 4.79 Å². The fourth-order valence-corrected chi connectivity index (χ4v) is 3.63. The molecule has 1 unspecified atom stereocenters. The van der Waals surface area contributed by atoms with Crippen molar-refractivity contribution in [3.8, 4) is 0 Å². The van der Waals surface area contributed by atoms with Crippen molar-refractivity contribution in [1.82, 2.24) is 15.5 Å². The zero-order chi connectivity index (χ0) is 18.7. The summed E-state index contributed by atoms with van der Waals surface area (Å²) in [5, 5.41) is 6.86. The summed E-state index contributed by atoms with van der Waals surface area (Å²) in [5.41, 5.74) is 0.279. The van der Waals surface area contributed by atoms with Crippen LogP contribution >= 0.6 is 23.2 Å². The molecular weight excluding hydrogens is 373 g/mol. The van der Waals surface area contributed by atoms with Crippen molar-refractivity contribution < 1.29 is 9.59 Å². The molecule has 1 saturated carbocycles. The molecule has 5 nitrogen and oxygen atoms in total. The van der Waals surface area contributed by atoms with Crippen LogP contribution in [0.4, 0.5) is 0 Å². The number of benzene rings is 1. The van der Waals surface area contributed by atoms with Crippen LogP contribution < -0.4 is 10.6 Å². The number of likely N-dealkylation sites (tertiary alicyclic amines) is 1. The van der Waals surface area contributed by atoms with Gasteiger partial charge in [0.05, 0.1) is 15.6 Å². The topological polar surface area (TPSA) is 61.4 Å². The van der Waals surface area contributed by atoms with Gasteiger partial charge in [-0.3, -0.25) is 9.59 Å². The Morgan fingerprint density at radius 3 is 2.54 bits per heavy atom. The Balaban J connectivity index is 1.48. The van der Waals surface area contributed by atoms with Gasteiger partial charge in [0, 0.05) is 19.1 Å². The highest BCUT2D eigenvalue weighted by Crippen LogP contribution is 2.28. The number of nitrogens with one attached hydrogen (secondary N) is 2. The molecule has 3 rings (SSSR count). The minimum atomic E-state index is -0.603. The maximum Gasteiger partial charge on any atom is 0.253 e. The SMILES string of the molecule is CC(NC(=O)c1cccc(Cl)c1Cl)C(=O)N1CCC(NCC2CC2)CC1. The van der Waals surface area contributed by atoms with Crippen LogP contribution in [0.1, 0.15) is 43.0 Å². The van der Waals surface area contributed by atoms with Crippen LogP contribution in [0.25, 0.3) is 0 Å². The number of carbonyl (C=O) groups is 2. The molecule has 0 aromatic heterocycles. The Kier molecular flexibility index (Phi) is 6.43. The average molecular weight is 398 g/mol. The first-order valence-corrected chi connectivity index (χ1v) is 9.98. The zero-order valence-electron chi connectivity index (χ0n) is 14.9. The smallest absolute Gasteiger partial charge is 0.253 e. The summed E-state index contributed by atoms with van der Waals surface area (Å²) in [6, 6.07) is 4.77. The van der Waals surface area contributed by atoms with Crippen LogP contribution in [0.15, 0.2) is 18.2 Å². The Bertz CT molecular complexity index is 671. The quantitative estimate of drug-likeness (QED) is 0.774. The van der Waals surface area contributed by atoms with E-state index in [-0.39, 0.29) is 22.4 Å². The van der Waals surface area contributed by atoms with Crippen molar-refractivity contribution in [2.75, 3.05) is 19.6 Å². The molecule has 1 aliphatic heterocycles. The molecule has 1 saturated heterocycles. The first kappa shape index (κ1) is 19.5. The van der Waals surface area contributed by atoms with Gasteiger partial charge < -0.3 is 15.5 Å². The molecule has 0 radical (unpaired) electrons. The molecule has 2 aliphatic rings. The van der Waals surface area contributed by atoms with E-state index in [1.54, 1.807) is 25.1 Å². The lowest BCUT2D eigenvalue weighted by Crippen LogP contribution is -2.51. The molecule has 2 amide bonds. The molecule has 1 atom stereocenters. The number of amides is 2. The molecule has 1 aliphatic carbocycles. The Morgan fingerprint density at radius 1 is 1.19 bits per heavy atom. The fraction of sp³-hybridized carbons (Fsp3) is 0.579. The Morgan fingerprint density at radius 2 is 1.88 bits per heavy atom. The molecule has 1 aromatic rings. The van der Waals surface area contributed by atoms with Gasteiger partial charge in [-0.15, -0.1) is 0 Å². The fourth-order valence-electron chi connectivity index (χ4n) is 3.25. The molecular formula is C19H25Cl2N3O2. The first-order valence-electron chi connectivity index (χ1n) is 9.22. The van der Waals surface area contributed by atoms with E-state index < -0.39 is 6.04 Å². The van der Waals surface area contributed by atoms with Gasteiger partial charge in [0.2, 0.25) is 5.91 Å². The van der Waals surface area contributed by atoms with Crippen molar-refractivity contribution in [1.29, 1.82) is 0 Å². The summed E-state index contributed by atoms with van der Waals surface area (Å²) in [6.07, 6.45) is 4.61. The molecule has 142 valence electrons. The molecule has 7 heteroatoms. The Hall–Kier alpha value is -1.30. The van der Waals surface area contributed by atoms with Crippen LogP contribution in [0.2, 0.25) is 10.0 Å². The third-order valence-corrected chi connectivity index (χ3v) is 5.93. The lowest BCUT2D eigenvalue weighted by atomic mass is 10.0. The normalized spacial score (nSPS) is 19.3. The number of carbonyl (C=O) groups excluding carboxylic acids is 2. The van der Waals surface area contributed by atoms with E-state index in [2.05, 4.69) is 10.6 Å². The zero-order valence-corrected chi connectivity index (χ0v) is 16.4. The number of nitrogens with zero attached hydrogens (tertiary/aromatic N) is 1. The molecule has 1 aromatic carbocycles. The highest BCUT2D eigenvalue weighted by molar-refractivity contribution is 6.43. The van der Waals surface area contributed by atoms with E-state index in [0.717, 1.165) is 38.4 Å². The number of rotatable bonds is 6. The molecule has 26 heavy (non-hydrogen) atoms. The molecule has 0 spiro atoms.